The predicted octanol–water partition coefficient (Wildman–Crippen LogP) is 4.16. The highest BCUT2D eigenvalue weighted by Crippen LogP contribution is 2.41. The van der Waals surface area contributed by atoms with Crippen molar-refractivity contribution in [3.63, 3.8) is 0 Å². The highest BCUT2D eigenvalue weighted by atomic mass is 16.5. The van der Waals surface area contributed by atoms with Crippen molar-refractivity contribution < 1.29 is 32.9 Å². The average Bonchev–Trinajstić information content (AvgIpc) is 3.25. The Morgan fingerprint density at radius 2 is 1.52 bits per heavy atom. The lowest BCUT2D eigenvalue weighted by Gasteiger charge is -2.14. The Labute approximate surface area is 189 Å². The van der Waals surface area contributed by atoms with Crippen molar-refractivity contribution in [3.8, 4) is 40.3 Å². The van der Waals surface area contributed by atoms with Crippen LogP contribution in [0.15, 0.2) is 47.0 Å². The number of ether oxygens (including phenoxy) is 5. The Bertz CT molecular complexity index is 1290. The van der Waals surface area contributed by atoms with Gasteiger partial charge in [0.2, 0.25) is 11.5 Å². The van der Waals surface area contributed by atoms with Gasteiger partial charge in [-0.05, 0) is 36.4 Å². The quantitative estimate of drug-likeness (QED) is 0.366. The van der Waals surface area contributed by atoms with Gasteiger partial charge in [-0.1, -0.05) is 0 Å². The number of nitrogens with zero attached hydrogens (tertiary/aromatic N) is 2. The molecule has 2 aromatic carbocycles. The van der Waals surface area contributed by atoms with Crippen LogP contribution in [0.25, 0.3) is 22.4 Å². The molecule has 0 radical (unpaired) electrons. The highest BCUT2D eigenvalue weighted by Gasteiger charge is 2.27. The first-order valence-electron chi connectivity index (χ1n) is 9.87. The van der Waals surface area contributed by atoms with Crippen molar-refractivity contribution in [2.24, 2.45) is 0 Å². The summed E-state index contributed by atoms with van der Waals surface area (Å²) in [5, 5.41) is 0.445. The van der Waals surface area contributed by atoms with E-state index in [9.17, 15) is 4.79 Å². The number of ketones is 1. The molecule has 0 saturated heterocycles. The zero-order valence-electron chi connectivity index (χ0n) is 18.8. The molecule has 4 rings (SSSR count). The summed E-state index contributed by atoms with van der Waals surface area (Å²) in [5.74, 6) is 1.79. The van der Waals surface area contributed by atoms with Crippen molar-refractivity contribution in [1.82, 2.24) is 9.97 Å². The number of aromatic nitrogens is 2. The Morgan fingerprint density at radius 3 is 2.06 bits per heavy atom. The number of hydrogen-bond acceptors (Lipinski definition) is 9. The van der Waals surface area contributed by atoms with Crippen LogP contribution in [-0.2, 0) is 0 Å². The molecule has 0 aliphatic rings. The van der Waals surface area contributed by atoms with Gasteiger partial charge in [0, 0.05) is 17.3 Å². The monoisotopic (exact) mass is 450 g/mol. The lowest BCUT2D eigenvalue weighted by molar-refractivity contribution is 0.103. The van der Waals surface area contributed by atoms with Crippen LogP contribution in [0.4, 0.5) is 0 Å². The Kier molecular flexibility index (Phi) is 6.03. The Balaban J connectivity index is 1.94. The standard InChI is InChI=1S/C24H22N2O7/c1-28-15-8-6-13(7-9-15)21-19(16-12-25-24(32-5)26-23(16)33-21)20(27)14-10-17(29-2)22(31-4)18(11-14)30-3/h6-12H,1-5H3. The van der Waals surface area contributed by atoms with Crippen molar-refractivity contribution in [3.05, 3.63) is 53.7 Å². The molecular formula is C24H22N2O7. The molecule has 0 atom stereocenters. The first-order valence-corrected chi connectivity index (χ1v) is 9.87. The fourth-order valence-corrected chi connectivity index (χ4v) is 3.50. The van der Waals surface area contributed by atoms with Gasteiger partial charge in [-0.25, -0.2) is 4.98 Å². The smallest absolute Gasteiger partial charge is 0.319 e. The van der Waals surface area contributed by atoms with Crippen LogP contribution in [0.1, 0.15) is 15.9 Å². The summed E-state index contributed by atoms with van der Waals surface area (Å²) in [5.41, 5.74) is 1.51. The summed E-state index contributed by atoms with van der Waals surface area (Å²) >= 11 is 0. The molecule has 9 heteroatoms. The normalized spacial score (nSPS) is 10.7. The third-order valence-corrected chi connectivity index (χ3v) is 5.12. The number of carbonyl (C=O) groups is 1. The SMILES string of the molecule is COc1ccc(-c2oc3nc(OC)ncc3c2C(=O)c2cc(OC)c(OC)c(OC)c2)cc1. The van der Waals surface area contributed by atoms with E-state index in [0.29, 0.717) is 50.8 Å². The first kappa shape index (κ1) is 21.9. The van der Waals surface area contributed by atoms with Crippen molar-refractivity contribution in [1.29, 1.82) is 0 Å². The number of benzene rings is 2. The molecule has 0 fully saturated rings. The van der Waals surface area contributed by atoms with Crippen LogP contribution >= 0.6 is 0 Å². The molecule has 170 valence electrons. The Morgan fingerprint density at radius 1 is 0.848 bits per heavy atom. The maximum absolute atomic E-state index is 13.8. The van der Waals surface area contributed by atoms with E-state index in [1.165, 1.54) is 34.6 Å². The number of fused-ring (bicyclic) bond motifs is 1. The molecule has 0 saturated carbocycles. The number of rotatable bonds is 8. The molecule has 9 nitrogen and oxygen atoms in total. The number of furan rings is 1. The molecule has 0 amide bonds. The topological polar surface area (TPSA) is 102 Å². The van der Waals surface area contributed by atoms with Gasteiger partial charge in [-0.15, -0.1) is 0 Å². The van der Waals surface area contributed by atoms with E-state index >= 15 is 0 Å². The summed E-state index contributed by atoms with van der Waals surface area (Å²) < 4.78 is 32.6. The summed E-state index contributed by atoms with van der Waals surface area (Å²) in [7, 11) is 7.51. The molecule has 0 N–H and O–H groups in total. The Hall–Kier alpha value is -4.27. The molecule has 0 aliphatic carbocycles. The van der Waals surface area contributed by atoms with Crippen LogP contribution in [0.5, 0.6) is 29.0 Å². The van der Waals surface area contributed by atoms with Gasteiger partial charge < -0.3 is 28.1 Å². The minimum atomic E-state index is -0.326. The average molecular weight is 450 g/mol. The van der Waals surface area contributed by atoms with Gasteiger partial charge >= 0.3 is 6.01 Å². The molecule has 0 unspecified atom stereocenters. The van der Waals surface area contributed by atoms with E-state index in [1.807, 2.05) is 0 Å². The van der Waals surface area contributed by atoms with Gasteiger partial charge in [0.15, 0.2) is 17.3 Å². The van der Waals surface area contributed by atoms with Gasteiger partial charge in [0.25, 0.3) is 0 Å². The second kappa shape index (κ2) is 9.07. The number of hydrogen-bond donors (Lipinski definition) is 0. The predicted molar refractivity (Wildman–Crippen MR) is 120 cm³/mol. The van der Waals surface area contributed by atoms with Gasteiger partial charge in [-0.2, -0.15) is 4.98 Å². The zero-order valence-corrected chi connectivity index (χ0v) is 18.8. The highest BCUT2D eigenvalue weighted by molar-refractivity contribution is 6.19. The lowest BCUT2D eigenvalue weighted by atomic mass is 9.97. The van der Waals surface area contributed by atoms with E-state index in [1.54, 1.807) is 43.5 Å². The molecule has 0 bridgehead atoms. The van der Waals surface area contributed by atoms with Gasteiger partial charge in [0.1, 0.15) is 11.5 Å². The minimum Gasteiger partial charge on any atom is -0.497 e. The molecule has 4 aromatic rings. The maximum atomic E-state index is 13.8. The molecular weight excluding hydrogens is 428 g/mol. The van der Waals surface area contributed by atoms with E-state index in [-0.39, 0.29) is 17.5 Å². The summed E-state index contributed by atoms with van der Waals surface area (Å²) in [6.07, 6.45) is 1.50. The number of carbonyl (C=O) groups excluding carboxylic acids is 1. The van der Waals surface area contributed by atoms with Gasteiger partial charge in [0.05, 0.1) is 46.5 Å². The summed E-state index contributed by atoms with van der Waals surface area (Å²) in [6.45, 7) is 0. The third kappa shape index (κ3) is 3.89. The largest absolute Gasteiger partial charge is 0.497 e. The maximum Gasteiger partial charge on any atom is 0.319 e. The van der Waals surface area contributed by atoms with E-state index in [4.69, 9.17) is 28.1 Å². The molecule has 0 aliphatic heterocycles. The van der Waals surface area contributed by atoms with E-state index in [0.717, 1.165) is 0 Å². The van der Waals surface area contributed by atoms with Crippen molar-refractivity contribution >= 4 is 16.9 Å². The zero-order chi connectivity index (χ0) is 23.5. The van der Waals surface area contributed by atoms with Gasteiger partial charge in [-0.3, -0.25) is 4.79 Å². The minimum absolute atomic E-state index is 0.129. The van der Waals surface area contributed by atoms with Crippen LogP contribution in [-0.4, -0.2) is 51.3 Å². The van der Waals surface area contributed by atoms with Crippen molar-refractivity contribution in [2.75, 3.05) is 35.5 Å². The first-order chi connectivity index (χ1) is 16.0. The molecule has 33 heavy (non-hydrogen) atoms. The number of methoxy groups -OCH3 is 5. The van der Waals surface area contributed by atoms with Crippen LogP contribution in [0, 0.1) is 0 Å². The fraction of sp³-hybridized carbons (Fsp3) is 0.208. The van der Waals surface area contributed by atoms with Crippen molar-refractivity contribution in [2.45, 2.75) is 0 Å². The molecule has 2 heterocycles. The lowest BCUT2D eigenvalue weighted by Crippen LogP contribution is -2.05. The van der Waals surface area contributed by atoms with E-state index in [2.05, 4.69) is 9.97 Å². The van der Waals surface area contributed by atoms with Crippen LogP contribution in [0.2, 0.25) is 0 Å². The van der Waals surface area contributed by atoms with Crippen LogP contribution < -0.4 is 23.7 Å². The molecule has 0 spiro atoms. The summed E-state index contributed by atoms with van der Waals surface area (Å²) in [6, 6.07) is 10.5. The second-order valence-corrected chi connectivity index (χ2v) is 6.85. The summed E-state index contributed by atoms with van der Waals surface area (Å²) in [4.78, 5) is 22.2. The fourth-order valence-electron chi connectivity index (χ4n) is 3.50. The second-order valence-electron chi connectivity index (χ2n) is 6.85. The third-order valence-electron chi connectivity index (χ3n) is 5.12. The van der Waals surface area contributed by atoms with E-state index < -0.39 is 0 Å². The molecule has 2 aromatic heterocycles. The van der Waals surface area contributed by atoms with Crippen LogP contribution in [0.3, 0.4) is 0 Å².